The highest BCUT2D eigenvalue weighted by Gasteiger charge is 2.39. The Hall–Kier alpha value is -1.55. The molecule has 1 aromatic rings. The summed E-state index contributed by atoms with van der Waals surface area (Å²) in [7, 11) is 1.90. The van der Waals surface area contributed by atoms with Crippen molar-refractivity contribution in [1.29, 1.82) is 0 Å². The quantitative estimate of drug-likeness (QED) is 0.908. The molecule has 3 unspecified atom stereocenters. The van der Waals surface area contributed by atoms with Crippen molar-refractivity contribution in [2.45, 2.75) is 57.7 Å². The fourth-order valence-corrected chi connectivity index (χ4v) is 4.04. The lowest BCUT2D eigenvalue weighted by atomic mass is 9.85. The fraction of sp³-hybridized carbons (Fsp3) is 0.632. The van der Waals surface area contributed by atoms with Gasteiger partial charge in [-0.3, -0.25) is 4.79 Å². The van der Waals surface area contributed by atoms with E-state index in [1.807, 2.05) is 43.1 Å². The van der Waals surface area contributed by atoms with E-state index in [1.54, 1.807) is 0 Å². The summed E-state index contributed by atoms with van der Waals surface area (Å²) >= 11 is 0. The van der Waals surface area contributed by atoms with Gasteiger partial charge in [0.15, 0.2) is 0 Å². The van der Waals surface area contributed by atoms with Crippen molar-refractivity contribution < 1.29 is 9.53 Å². The van der Waals surface area contributed by atoms with E-state index in [0.29, 0.717) is 25.1 Å². The average molecular weight is 316 g/mol. The van der Waals surface area contributed by atoms with Crippen molar-refractivity contribution >= 4 is 5.91 Å². The van der Waals surface area contributed by atoms with Crippen LogP contribution >= 0.6 is 0 Å². The summed E-state index contributed by atoms with van der Waals surface area (Å²) < 4.78 is 5.67. The van der Waals surface area contributed by atoms with E-state index in [9.17, 15) is 4.79 Å². The van der Waals surface area contributed by atoms with Gasteiger partial charge in [-0.2, -0.15) is 0 Å². The molecule has 1 N–H and O–H groups in total. The van der Waals surface area contributed by atoms with Crippen molar-refractivity contribution in [2.75, 3.05) is 13.7 Å². The standard InChI is InChI=1S/C19H28N2O2/c1-3-23-18-11-7-5-9-15(18)13-21(2)19(22)17-12-14-8-4-6-10-16(14)20-17/h5,7,9,11,14,16-17,20H,3-4,6,8,10,12-13H2,1-2H3. The summed E-state index contributed by atoms with van der Waals surface area (Å²) in [6.45, 7) is 3.22. The van der Waals surface area contributed by atoms with Gasteiger partial charge in [-0.15, -0.1) is 0 Å². The van der Waals surface area contributed by atoms with Gasteiger partial charge in [0, 0.05) is 25.2 Å². The Bertz CT molecular complexity index is 532. The van der Waals surface area contributed by atoms with Crippen LogP contribution in [0.3, 0.4) is 0 Å². The van der Waals surface area contributed by atoms with Crippen molar-refractivity contribution in [3.63, 3.8) is 0 Å². The number of carbonyl (C=O) groups is 1. The molecule has 0 spiro atoms. The molecule has 1 aromatic carbocycles. The molecule has 4 nitrogen and oxygen atoms in total. The number of ether oxygens (including phenoxy) is 1. The lowest BCUT2D eigenvalue weighted by Crippen LogP contribution is -2.43. The number of para-hydroxylation sites is 1. The number of hydrogen-bond donors (Lipinski definition) is 1. The maximum Gasteiger partial charge on any atom is 0.239 e. The molecular weight excluding hydrogens is 288 g/mol. The highest BCUT2D eigenvalue weighted by atomic mass is 16.5. The number of amides is 1. The summed E-state index contributed by atoms with van der Waals surface area (Å²) in [6.07, 6.45) is 6.12. The largest absolute Gasteiger partial charge is 0.494 e. The van der Waals surface area contributed by atoms with E-state index in [0.717, 1.165) is 17.7 Å². The number of likely N-dealkylation sites (N-methyl/N-ethyl adjacent to an activating group) is 1. The van der Waals surface area contributed by atoms with Gasteiger partial charge >= 0.3 is 0 Å². The van der Waals surface area contributed by atoms with Crippen LogP contribution in [0.1, 0.15) is 44.6 Å². The van der Waals surface area contributed by atoms with Crippen LogP contribution in [-0.4, -0.2) is 36.5 Å². The van der Waals surface area contributed by atoms with Gasteiger partial charge in [-0.05, 0) is 38.2 Å². The van der Waals surface area contributed by atoms with Gasteiger partial charge in [-0.1, -0.05) is 31.0 Å². The van der Waals surface area contributed by atoms with Gasteiger partial charge in [0.1, 0.15) is 5.75 Å². The molecule has 1 saturated heterocycles. The lowest BCUT2D eigenvalue weighted by molar-refractivity contribution is -0.132. The molecule has 1 aliphatic carbocycles. The first-order valence-electron chi connectivity index (χ1n) is 8.90. The normalized spacial score (nSPS) is 26.6. The van der Waals surface area contributed by atoms with Gasteiger partial charge in [0.2, 0.25) is 5.91 Å². The van der Waals surface area contributed by atoms with E-state index in [1.165, 1.54) is 25.7 Å². The summed E-state index contributed by atoms with van der Waals surface area (Å²) in [5.74, 6) is 1.79. The summed E-state index contributed by atoms with van der Waals surface area (Å²) in [4.78, 5) is 14.6. The molecule has 3 atom stereocenters. The molecule has 0 aromatic heterocycles. The molecule has 0 radical (unpaired) electrons. The first-order valence-corrected chi connectivity index (χ1v) is 8.90. The van der Waals surface area contributed by atoms with Crippen molar-refractivity contribution in [3.8, 4) is 5.75 Å². The molecule has 1 heterocycles. The first kappa shape index (κ1) is 16.3. The van der Waals surface area contributed by atoms with E-state index < -0.39 is 0 Å². The topological polar surface area (TPSA) is 41.6 Å². The average Bonchev–Trinajstić information content (AvgIpc) is 3.00. The van der Waals surface area contributed by atoms with Crippen molar-refractivity contribution in [1.82, 2.24) is 10.2 Å². The van der Waals surface area contributed by atoms with Gasteiger partial charge in [0.05, 0.1) is 12.6 Å². The predicted octanol–water partition coefficient (Wildman–Crippen LogP) is 2.96. The van der Waals surface area contributed by atoms with Gasteiger partial charge in [-0.25, -0.2) is 0 Å². The maximum absolute atomic E-state index is 12.8. The second-order valence-corrected chi connectivity index (χ2v) is 6.84. The number of rotatable bonds is 5. The highest BCUT2D eigenvalue weighted by Crippen LogP contribution is 2.33. The highest BCUT2D eigenvalue weighted by molar-refractivity contribution is 5.82. The summed E-state index contributed by atoms with van der Waals surface area (Å²) in [5, 5.41) is 3.58. The van der Waals surface area contributed by atoms with Crippen LogP contribution in [0.5, 0.6) is 5.75 Å². The number of hydrogen-bond acceptors (Lipinski definition) is 3. The van der Waals surface area contributed by atoms with E-state index >= 15 is 0 Å². The number of carbonyl (C=O) groups excluding carboxylic acids is 1. The maximum atomic E-state index is 12.8. The molecule has 0 bridgehead atoms. The molecule has 4 heteroatoms. The number of benzene rings is 1. The molecule has 2 aliphatic rings. The molecule has 3 rings (SSSR count). The second kappa shape index (κ2) is 7.35. The summed E-state index contributed by atoms with van der Waals surface area (Å²) in [5.41, 5.74) is 1.07. The number of nitrogens with one attached hydrogen (secondary N) is 1. The van der Waals surface area contributed by atoms with E-state index in [-0.39, 0.29) is 11.9 Å². The minimum absolute atomic E-state index is 0.00708. The van der Waals surface area contributed by atoms with E-state index in [2.05, 4.69) is 5.32 Å². The third-order valence-electron chi connectivity index (χ3n) is 5.22. The third-order valence-corrected chi connectivity index (χ3v) is 5.22. The van der Waals surface area contributed by atoms with Crippen LogP contribution in [0.15, 0.2) is 24.3 Å². The Morgan fingerprint density at radius 2 is 2.09 bits per heavy atom. The van der Waals surface area contributed by atoms with Crippen LogP contribution in [-0.2, 0) is 11.3 Å². The zero-order chi connectivity index (χ0) is 16.2. The smallest absolute Gasteiger partial charge is 0.239 e. The van der Waals surface area contributed by atoms with Gasteiger partial charge in [0.25, 0.3) is 0 Å². The molecule has 23 heavy (non-hydrogen) atoms. The third kappa shape index (κ3) is 3.69. The van der Waals surface area contributed by atoms with Crippen LogP contribution < -0.4 is 10.1 Å². The zero-order valence-electron chi connectivity index (χ0n) is 14.3. The summed E-state index contributed by atoms with van der Waals surface area (Å²) in [6, 6.07) is 8.53. The molecule has 1 amide bonds. The zero-order valence-corrected chi connectivity index (χ0v) is 14.3. The van der Waals surface area contributed by atoms with Crippen molar-refractivity contribution in [3.05, 3.63) is 29.8 Å². The first-order chi connectivity index (χ1) is 11.2. The molecular formula is C19H28N2O2. The molecule has 126 valence electrons. The van der Waals surface area contributed by atoms with E-state index in [4.69, 9.17) is 4.74 Å². The van der Waals surface area contributed by atoms with Crippen LogP contribution in [0.4, 0.5) is 0 Å². The van der Waals surface area contributed by atoms with Crippen LogP contribution in [0.25, 0.3) is 0 Å². The Morgan fingerprint density at radius 1 is 1.30 bits per heavy atom. The molecule has 2 fully saturated rings. The lowest BCUT2D eigenvalue weighted by Gasteiger charge is -2.24. The Kier molecular flexibility index (Phi) is 5.21. The number of fused-ring (bicyclic) bond motifs is 1. The minimum atomic E-state index is -0.00708. The number of nitrogens with zero attached hydrogens (tertiary/aromatic N) is 1. The van der Waals surface area contributed by atoms with Crippen LogP contribution in [0, 0.1) is 5.92 Å². The Labute approximate surface area is 139 Å². The SMILES string of the molecule is CCOc1ccccc1CN(C)C(=O)C1CC2CCCCC2N1. The van der Waals surface area contributed by atoms with Crippen LogP contribution in [0.2, 0.25) is 0 Å². The minimum Gasteiger partial charge on any atom is -0.494 e. The van der Waals surface area contributed by atoms with Gasteiger partial charge < -0.3 is 15.0 Å². The second-order valence-electron chi connectivity index (χ2n) is 6.84. The molecule has 1 saturated carbocycles. The molecule has 1 aliphatic heterocycles. The monoisotopic (exact) mass is 316 g/mol. The fourth-order valence-electron chi connectivity index (χ4n) is 4.04. The Balaban J connectivity index is 1.62. The predicted molar refractivity (Wildman–Crippen MR) is 91.4 cm³/mol. The van der Waals surface area contributed by atoms with Crippen molar-refractivity contribution in [2.24, 2.45) is 5.92 Å². The Morgan fingerprint density at radius 3 is 2.87 bits per heavy atom.